The average molecular weight is 394 g/mol. The van der Waals surface area contributed by atoms with Gasteiger partial charge in [0.05, 0.1) is 13.4 Å². The van der Waals surface area contributed by atoms with Crippen LogP contribution in [0.25, 0.3) is 0 Å². The highest BCUT2D eigenvalue weighted by atomic mass is 32.2. The summed E-state index contributed by atoms with van der Waals surface area (Å²) < 4.78 is 43.2. The standard InChI is InChI=1S/C19H23FN2O4S/c1-26-18-9-3-15(4-10-18)11-13-22(27(2,24)25)14-12-19(23)21-17-7-5-16(20)6-8-17/h3-10H,11-14H2,1-2H3,(H,21,23). The van der Waals surface area contributed by atoms with Crippen molar-refractivity contribution in [2.45, 2.75) is 12.8 Å². The lowest BCUT2D eigenvalue weighted by Gasteiger charge is -2.19. The number of anilines is 1. The van der Waals surface area contributed by atoms with E-state index in [-0.39, 0.29) is 25.4 Å². The summed E-state index contributed by atoms with van der Waals surface area (Å²) in [6, 6.07) is 12.8. The van der Waals surface area contributed by atoms with Gasteiger partial charge in [0.25, 0.3) is 0 Å². The number of halogens is 1. The summed E-state index contributed by atoms with van der Waals surface area (Å²) in [6.45, 7) is 0.344. The van der Waals surface area contributed by atoms with Gasteiger partial charge in [-0.15, -0.1) is 0 Å². The van der Waals surface area contributed by atoms with E-state index >= 15 is 0 Å². The molecule has 0 aliphatic heterocycles. The third-order valence-electron chi connectivity index (χ3n) is 3.99. The highest BCUT2D eigenvalue weighted by Crippen LogP contribution is 2.13. The maximum atomic E-state index is 12.9. The zero-order valence-electron chi connectivity index (χ0n) is 15.3. The molecule has 0 aliphatic rings. The number of methoxy groups -OCH3 is 1. The van der Waals surface area contributed by atoms with Gasteiger partial charge in [-0.25, -0.2) is 17.1 Å². The zero-order chi connectivity index (χ0) is 19.9. The van der Waals surface area contributed by atoms with Crippen molar-refractivity contribution in [1.82, 2.24) is 4.31 Å². The van der Waals surface area contributed by atoms with Gasteiger partial charge in [-0.05, 0) is 48.4 Å². The summed E-state index contributed by atoms with van der Waals surface area (Å²) in [5.41, 5.74) is 1.44. The molecule has 0 unspecified atom stereocenters. The van der Waals surface area contributed by atoms with Crippen LogP contribution >= 0.6 is 0 Å². The Labute approximate surface area is 159 Å². The van der Waals surface area contributed by atoms with E-state index in [0.717, 1.165) is 17.6 Å². The Hall–Kier alpha value is -2.45. The van der Waals surface area contributed by atoms with Gasteiger partial charge in [0.1, 0.15) is 11.6 Å². The Balaban J connectivity index is 1.89. The van der Waals surface area contributed by atoms with E-state index < -0.39 is 15.8 Å². The molecule has 0 saturated heterocycles. The van der Waals surface area contributed by atoms with E-state index in [1.807, 2.05) is 24.3 Å². The molecule has 2 rings (SSSR count). The van der Waals surface area contributed by atoms with Gasteiger partial charge in [0.15, 0.2) is 0 Å². The van der Waals surface area contributed by atoms with Crippen LogP contribution in [0.2, 0.25) is 0 Å². The average Bonchev–Trinajstić information content (AvgIpc) is 2.63. The highest BCUT2D eigenvalue weighted by Gasteiger charge is 2.18. The topological polar surface area (TPSA) is 75.7 Å². The largest absolute Gasteiger partial charge is 0.497 e. The van der Waals surface area contributed by atoms with Crippen molar-refractivity contribution in [1.29, 1.82) is 0 Å². The van der Waals surface area contributed by atoms with Crippen molar-refractivity contribution in [2.75, 3.05) is 31.8 Å². The number of benzene rings is 2. The Kier molecular flexibility index (Phi) is 7.32. The SMILES string of the molecule is COc1ccc(CCN(CCC(=O)Nc2ccc(F)cc2)S(C)(=O)=O)cc1. The van der Waals surface area contributed by atoms with E-state index in [0.29, 0.717) is 12.1 Å². The predicted molar refractivity (Wildman–Crippen MR) is 103 cm³/mol. The molecule has 0 radical (unpaired) electrons. The van der Waals surface area contributed by atoms with Crippen molar-refractivity contribution in [3.8, 4) is 5.75 Å². The lowest BCUT2D eigenvalue weighted by atomic mass is 10.1. The van der Waals surface area contributed by atoms with Crippen LogP contribution in [0, 0.1) is 5.82 Å². The zero-order valence-corrected chi connectivity index (χ0v) is 16.1. The molecule has 8 heteroatoms. The maximum absolute atomic E-state index is 12.9. The fourth-order valence-corrected chi connectivity index (χ4v) is 3.32. The van der Waals surface area contributed by atoms with E-state index in [9.17, 15) is 17.6 Å². The number of ether oxygens (including phenoxy) is 1. The number of amides is 1. The van der Waals surface area contributed by atoms with Crippen molar-refractivity contribution < 1.29 is 22.3 Å². The smallest absolute Gasteiger partial charge is 0.225 e. The first-order valence-corrected chi connectivity index (χ1v) is 10.3. The fourth-order valence-electron chi connectivity index (χ4n) is 2.47. The molecule has 0 aliphatic carbocycles. The molecule has 0 bridgehead atoms. The van der Waals surface area contributed by atoms with Gasteiger partial charge in [0.2, 0.25) is 15.9 Å². The first-order chi connectivity index (χ1) is 12.8. The van der Waals surface area contributed by atoms with Crippen LogP contribution in [0.15, 0.2) is 48.5 Å². The molecule has 1 N–H and O–H groups in total. The van der Waals surface area contributed by atoms with E-state index in [2.05, 4.69) is 5.32 Å². The summed E-state index contributed by atoms with van der Waals surface area (Å²) in [7, 11) is -1.86. The van der Waals surface area contributed by atoms with Gasteiger partial charge in [0, 0.05) is 25.2 Å². The number of rotatable bonds is 9. The first kappa shape index (κ1) is 20.9. The van der Waals surface area contributed by atoms with Crippen LogP contribution in [0.5, 0.6) is 5.75 Å². The Bertz CT molecular complexity index is 852. The summed E-state index contributed by atoms with van der Waals surface area (Å²) >= 11 is 0. The maximum Gasteiger partial charge on any atom is 0.225 e. The number of nitrogens with zero attached hydrogens (tertiary/aromatic N) is 1. The molecule has 0 spiro atoms. The number of hydrogen-bond donors (Lipinski definition) is 1. The molecule has 0 fully saturated rings. The molecule has 2 aromatic rings. The van der Waals surface area contributed by atoms with Gasteiger partial charge < -0.3 is 10.1 Å². The molecular formula is C19H23FN2O4S. The summed E-state index contributed by atoms with van der Waals surface area (Å²) in [5, 5.41) is 2.62. The van der Waals surface area contributed by atoms with Crippen molar-refractivity contribution in [3.05, 3.63) is 59.9 Å². The fraction of sp³-hybridized carbons (Fsp3) is 0.316. The second kappa shape index (κ2) is 9.48. The molecule has 0 heterocycles. The van der Waals surface area contributed by atoms with Crippen LogP contribution in [0.3, 0.4) is 0 Å². The van der Waals surface area contributed by atoms with Gasteiger partial charge >= 0.3 is 0 Å². The number of carbonyl (C=O) groups is 1. The minimum atomic E-state index is -3.44. The number of nitrogens with one attached hydrogen (secondary N) is 1. The monoisotopic (exact) mass is 394 g/mol. The molecule has 0 atom stereocenters. The minimum absolute atomic E-state index is 0.00700. The van der Waals surface area contributed by atoms with Gasteiger partial charge in [-0.2, -0.15) is 0 Å². The molecule has 1 amide bonds. The molecule has 2 aromatic carbocycles. The predicted octanol–water partition coefficient (Wildman–Crippen LogP) is 2.67. The molecule has 27 heavy (non-hydrogen) atoms. The third-order valence-corrected chi connectivity index (χ3v) is 5.30. The number of sulfonamides is 1. The molecule has 0 saturated carbocycles. The van der Waals surface area contributed by atoms with Crippen molar-refractivity contribution in [2.24, 2.45) is 0 Å². The lowest BCUT2D eigenvalue weighted by Crippen LogP contribution is -2.34. The van der Waals surface area contributed by atoms with Gasteiger partial charge in [-0.1, -0.05) is 12.1 Å². The molecule has 0 aromatic heterocycles. The van der Waals surface area contributed by atoms with E-state index in [1.165, 1.54) is 28.6 Å². The van der Waals surface area contributed by atoms with E-state index in [1.54, 1.807) is 7.11 Å². The van der Waals surface area contributed by atoms with Crippen LogP contribution in [0.4, 0.5) is 10.1 Å². The van der Waals surface area contributed by atoms with Crippen LogP contribution in [-0.2, 0) is 21.2 Å². The summed E-state index contributed by atoms with van der Waals surface area (Å²) in [4.78, 5) is 12.0. The Morgan fingerprint density at radius 1 is 1.07 bits per heavy atom. The highest BCUT2D eigenvalue weighted by molar-refractivity contribution is 7.88. The minimum Gasteiger partial charge on any atom is -0.497 e. The molecule has 6 nitrogen and oxygen atoms in total. The van der Waals surface area contributed by atoms with Crippen LogP contribution in [-0.4, -0.2) is 45.1 Å². The summed E-state index contributed by atoms with van der Waals surface area (Å²) in [5.74, 6) is 0.00525. The molecular weight excluding hydrogens is 371 g/mol. The lowest BCUT2D eigenvalue weighted by molar-refractivity contribution is -0.116. The quantitative estimate of drug-likeness (QED) is 0.710. The van der Waals surface area contributed by atoms with Crippen LogP contribution in [0.1, 0.15) is 12.0 Å². The van der Waals surface area contributed by atoms with Crippen molar-refractivity contribution >= 4 is 21.6 Å². The summed E-state index contributed by atoms with van der Waals surface area (Å²) in [6.07, 6.45) is 1.66. The van der Waals surface area contributed by atoms with Crippen molar-refractivity contribution in [3.63, 3.8) is 0 Å². The number of carbonyl (C=O) groups excluding carboxylic acids is 1. The Morgan fingerprint density at radius 3 is 2.26 bits per heavy atom. The van der Waals surface area contributed by atoms with Crippen LogP contribution < -0.4 is 10.1 Å². The normalized spacial score (nSPS) is 11.4. The Morgan fingerprint density at radius 2 is 1.70 bits per heavy atom. The first-order valence-electron chi connectivity index (χ1n) is 8.41. The number of hydrogen-bond acceptors (Lipinski definition) is 4. The van der Waals surface area contributed by atoms with E-state index in [4.69, 9.17) is 4.74 Å². The third kappa shape index (κ3) is 6.99. The second-order valence-corrected chi connectivity index (χ2v) is 8.05. The second-order valence-electron chi connectivity index (χ2n) is 6.07. The molecule has 146 valence electrons. The van der Waals surface area contributed by atoms with Gasteiger partial charge in [-0.3, -0.25) is 4.79 Å².